The van der Waals surface area contributed by atoms with Crippen molar-refractivity contribution in [3.63, 3.8) is 0 Å². The lowest BCUT2D eigenvalue weighted by molar-refractivity contribution is 0.103. The van der Waals surface area contributed by atoms with Crippen LogP contribution in [0, 0.1) is 6.92 Å². The van der Waals surface area contributed by atoms with Crippen molar-refractivity contribution in [2.75, 3.05) is 20.0 Å². The predicted molar refractivity (Wildman–Crippen MR) is 83.6 cm³/mol. The molecule has 0 aromatic heterocycles. The predicted octanol–water partition coefficient (Wildman–Crippen LogP) is 3.48. The van der Waals surface area contributed by atoms with Gasteiger partial charge in [0.05, 0.1) is 19.2 Å². The standard InChI is InChI=1S/C16H16ClNO3/c1-9-5-4-6-10(15(9)18)16(19)11-7-13(20-2)14(21-3)8-12(11)17/h4-8H,18H2,1-3H3. The second-order valence-electron chi connectivity index (χ2n) is 4.55. The second kappa shape index (κ2) is 6.06. The van der Waals surface area contributed by atoms with Gasteiger partial charge in [0.25, 0.3) is 0 Å². The first-order valence-electron chi connectivity index (χ1n) is 6.31. The lowest BCUT2D eigenvalue weighted by Gasteiger charge is -2.12. The molecule has 2 rings (SSSR count). The first-order chi connectivity index (χ1) is 9.99. The van der Waals surface area contributed by atoms with Gasteiger partial charge in [-0.1, -0.05) is 23.7 Å². The zero-order chi connectivity index (χ0) is 15.6. The summed E-state index contributed by atoms with van der Waals surface area (Å²) < 4.78 is 10.4. The molecule has 5 heteroatoms. The number of benzene rings is 2. The van der Waals surface area contributed by atoms with Crippen LogP contribution in [0.5, 0.6) is 11.5 Å². The van der Waals surface area contributed by atoms with Crippen LogP contribution in [0.15, 0.2) is 30.3 Å². The molecule has 2 N–H and O–H groups in total. The minimum atomic E-state index is -0.248. The number of rotatable bonds is 4. The van der Waals surface area contributed by atoms with Crippen LogP contribution >= 0.6 is 11.6 Å². The van der Waals surface area contributed by atoms with Crippen LogP contribution in [0.2, 0.25) is 5.02 Å². The Balaban J connectivity index is 2.56. The quantitative estimate of drug-likeness (QED) is 0.694. The van der Waals surface area contributed by atoms with Crippen LogP contribution in [-0.2, 0) is 0 Å². The van der Waals surface area contributed by atoms with Crippen molar-refractivity contribution < 1.29 is 14.3 Å². The molecule has 4 nitrogen and oxygen atoms in total. The molecule has 21 heavy (non-hydrogen) atoms. The van der Waals surface area contributed by atoms with E-state index in [0.29, 0.717) is 33.3 Å². The van der Waals surface area contributed by atoms with Gasteiger partial charge in [-0.25, -0.2) is 0 Å². The molecule has 0 fully saturated rings. The van der Waals surface area contributed by atoms with Crippen molar-refractivity contribution >= 4 is 23.1 Å². The zero-order valence-electron chi connectivity index (χ0n) is 12.1. The van der Waals surface area contributed by atoms with Gasteiger partial charge in [0.2, 0.25) is 0 Å². The summed E-state index contributed by atoms with van der Waals surface area (Å²) in [6, 6.07) is 8.43. The summed E-state index contributed by atoms with van der Waals surface area (Å²) in [6.45, 7) is 1.85. The number of ketones is 1. The molecule has 0 unspecified atom stereocenters. The highest BCUT2D eigenvalue weighted by molar-refractivity contribution is 6.35. The summed E-state index contributed by atoms with van der Waals surface area (Å²) in [7, 11) is 3.01. The molecule has 0 aliphatic heterocycles. The zero-order valence-corrected chi connectivity index (χ0v) is 12.8. The van der Waals surface area contributed by atoms with Gasteiger partial charge in [-0.2, -0.15) is 0 Å². The topological polar surface area (TPSA) is 61.5 Å². The maximum atomic E-state index is 12.6. The third-order valence-electron chi connectivity index (χ3n) is 3.29. The van der Waals surface area contributed by atoms with Crippen LogP contribution in [0.25, 0.3) is 0 Å². The summed E-state index contributed by atoms with van der Waals surface area (Å²) in [5.41, 5.74) is 8.02. The summed E-state index contributed by atoms with van der Waals surface area (Å²) in [6.07, 6.45) is 0. The molecular formula is C16H16ClNO3. The van der Waals surface area contributed by atoms with Gasteiger partial charge < -0.3 is 15.2 Å². The summed E-state index contributed by atoms with van der Waals surface area (Å²) in [5, 5.41) is 0.290. The van der Waals surface area contributed by atoms with Crippen molar-refractivity contribution in [1.82, 2.24) is 0 Å². The van der Waals surface area contributed by atoms with Crippen LogP contribution in [0.3, 0.4) is 0 Å². The molecular weight excluding hydrogens is 290 g/mol. The van der Waals surface area contributed by atoms with Crippen LogP contribution in [-0.4, -0.2) is 20.0 Å². The summed E-state index contributed by atoms with van der Waals surface area (Å²) in [5.74, 6) is 0.662. The molecule has 2 aromatic carbocycles. The van der Waals surface area contributed by atoms with Crippen LogP contribution in [0.1, 0.15) is 21.5 Å². The van der Waals surface area contributed by atoms with Gasteiger partial charge in [-0.3, -0.25) is 4.79 Å². The Labute approximate surface area is 128 Å². The number of nitrogens with two attached hydrogens (primary N) is 1. The van der Waals surface area contributed by atoms with Crippen LogP contribution in [0.4, 0.5) is 5.69 Å². The maximum absolute atomic E-state index is 12.6. The van der Waals surface area contributed by atoms with Crippen molar-refractivity contribution in [2.45, 2.75) is 6.92 Å². The molecule has 0 amide bonds. The number of halogens is 1. The number of ether oxygens (including phenoxy) is 2. The number of carbonyl (C=O) groups excluding carboxylic acids is 1. The largest absolute Gasteiger partial charge is 0.493 e. The number of anilines is 1. The Bertz CT molecular complexity index is 698. The van der Waals surface area contributed by atoms with E-state index >= 15 is 0 Å². The van der Waals surface area contributed by atoms with E-state index in [9.17, 15) is 4.79 Å². The van der Waals surface area contributed by atoms with Crippen LogP contribution < -0.4 is 15.2 Å². The molecule has 0 saturated heterocycles. The SMILES string of the molecule is COc1cc(Cl)c(C(=O)c2cccc(C)c2N)cc1OC. The molecule has 0 heterocycles. The Kier molecular flexibility index (Phi) is 4.38. The molecule has 110 valence electrons. The molecule has 0 aliphatic rings. The minimum Gasteiger partial charge on any atom is -0.493 e. The Morgan fingerprint density at radius 2 is 1.71 bits per heavy atom. The smallest absolute Gasteiger partial charge is 0.196 e. The first-order valence-corrected chi connectivity index (χ1v) is 6.68. The Morgan fingerprint density at radius 1 is 1.10 bits per heavy atom. The normalized spacial score (nSPS) is 10.3. The van der Waals surface area contributed by atoms with E-state index in [4.69, 9.17) is 26.8 Å². The first kappa shape index (κ1) is 15.2. The molecule has 0 aliphatic carbocycles. The Hall–Kier alpha value is -2.20. The van der Waals surface area contributed by atoms with Gasteiger partial charge in [-0.05, 0) is 24.6 Å². The molecule has 0 bridgehead atoms. The van der Waals surface area contributed by atoms with Gasteiger partial charge in [0, 0.05) is 22.9 Å². The molecule has 0 saturated carbocycles. The summed E-state index contributed by atoms with van der Waals surface area (Å²) in [4.78, 5) is 12.6. The highest BCUT2D eigenvalue weighted by Crippen LogP contribution is 2.34. The number of hydrogen-bond donors (Lipinski definition) is 1. The number of nitrogen functional groups attached to an aromatic ring is 1. The fourth-order valence-corrected chi connectivity index (χ4v) is 2.29. The van der Waals surface area contributed by atoms with Gasteiger partial charge >= 0.3 is 0 Å². The monoisotopic (exact) mass is 305 g/mol. The average Bonchev–Trinajstić information content (AvgIpc) is 2.49. The van der Waals surface area contributed by atoms with E-state index in [0.717, 1.165) is 5.56 Å². The molecule has 2 aromatic rings. The highest BCUT2D eigenvalue weighted by atomic mass is 35.5. The molecule has 0 radical (unpaired) electrons. The average molecular weight is 306 g/mol. The van der Waals surface area contributed by atoms with Crippen molar-refractivity contribution in [3.05, 3.63) is 52.0 Å². The van der Waals surface area contributed by atoms with E-state index in [1.165, 1.54) is 14.2 Å². The number of para-hydroxylation sites is 1. The lowest BCUT2D eigenvalue weighted by atomic mass is 9.99. The number of aryl methyl sites for hydroxylation is 1. The van der Waals surface area contributed by atoms with Gasteiger partial charge in [0.15, 0.2) is 17.3 Å². The fraction of sp³-hybridized carbons (Fsp3) is 0.188. The van der Waals surface area contributed by atoms with Crippen molar-refractivity contribution in [1.29, 1.82) is 0 Å². The van der Waals surface area contributed by atoms with E-state index in [-0.39, 0.29) is 5.78 Å². The van der Waals surface area contributed by atoms with E-state index < -0.39 is 0 Å². The number of carbonyl (C=O) groups is 1. The van der Waals surface area contributed by atoms with Crippen molar-refractivity contribution in [2.24, 2.45) is 0 Å². The Morgan fingerprint density at radius 3 is 2.33 bits per heavy atom. The summed E-state index contributed by atoms with van der Waals surface area (Å²) >= 11 is 6.18. The van der Waals surface area contributed by atoms with E-state index in [1.54, 1.807) is 24.3 Å². The fourth-order valence-electron chi connectivity index (χ4n) is 2.05. The highest BCUT2D eigenvalue weighted by Gasteiger charge is 2.19. The minimum absolute atomic E-state index is 0.248. The third kappa shape index (κ3) is 2.81. The van der Waals surface area contributed by atoms with E-state index in [2.05, 4.69) is 0 Å². The van der Waals surface area contributed by atoms with Crippen molar-refractivity contribution in [3.8, 4) is 11.5 Å². The van der Waals surface area contributed by atoms with Gasteiger partial charge in [0.1, 0.15) is 0 Å². The maximum Gasteiger partial charge on any atom is 0.196 e. The van der Waals surface area contributed by atoms with Gasteiger partial charge in [-0.15, -0.1) is 0 Å². The number of methoxy groups -OCH3 is 2. The lowest BCUT2D eigenvalue weighted by Crippen LogP contribution is -2.08. The number of hydrogen-bond acceptors (Lipinski definition) is 4. The third-order valence-corrected chi connectivity index (χ3v) is 3.60. The second-order valence-corrected chi connectivity index (χ2v) is 4.96. The molecule has 0 atom stereocenters. The molecule has 0 spiro atoms. The van der Waals surface area contributed by atoms with E-state index in [1.807, 2.05) is 13.0 Å².